The summed E-state index contributed by atoms with van der Waals surface area (Å²) >= 11 is 0. The summed E-state index contributed by atoms with van der Waals surface area (Å²) in [5.74, 6) is 0. The van der Waals surface area contributed by atoms with Gasteiger partial charge in [0.1, 0.15) is 0 Å². The van der Waals surface area contributed by atoms with Crippen LogP contribution < -0.4 is 0 Å². The highest BCUT2D eigenvalue weighted by Gasteiger charge is 2.20. The Labute approximate surface area is 352 Å². The Bertz CT molecular complexity index is 3850. The smallest absolute Gasteiger partial charge is 0.0548 e. The average molecular weight is 776 g/mol. The lowest BCUT2D eigenvalue weighted by molar-refractivity contribution is 1.18. The first-order chi connectivity index (χ1) is 30.2. The van der Waals surface area contributed by atoms with Crippen LogP contribution in [0.3, 0.4) is 0 Å². The molecule has 0 saturated carbocycles. The van der Waals surface area contributed by atoms with Crippen LogP contribution in [-0.4, -0.2) is 13.7 Å². The number of para-hydroxylation sites is 3. The van der Waals surface area contributed by atoms with Gasteiger partial charge < -0.3 is 13.7 Å². The summed E-state index contributed by atoms with van der Waals surface area (Å²) in [4.78, 5) is 0. The summed E-state index contributed by atoms with van der Waals surface area (Å²) in [5, 5.41) is 9.91. The normalized spacial score (nSPS) is 11.9. The van der Waals surface area contributed by atoms with Crippen LogP contribution in [0.15, 0.2) is 224 Å². The minimum absolute atomic E-state index is 1.15. The number of hydrogen-bond donors (Lipinski definition) is 0. The SMILES string of the molecule is c1ccc(-c2ccc(-n3c4ccccc4c4cc(-c5ccc6c(c5)c5cc7c(cc5n6-c5ccc6ccccc6c5)c5ccccc5n7-c5ccccc5)ccc43)cc2)cc1. The maximum atomic E-state index is 2.47. The zero-order valence-electron chi connectivity index (χ0n) is 33.2. The van der Waals surface area contributed by atoms with Gasteiger partial charge in [0.05, 0.1) is 33.1 Å². The molecular weight excluding hydrogens is 739 g/mol. The molecule has 3 aromatic heterocycles. The minimum atomic E-state index is 1.15. The van der Waals surface area contributed by atoms with Crippen molar-refractivity contribution in [3.05, 3.63) is 224 Å². The largest absolute Gasteiger partial charge is 0.309 e. The monoisotopic (exact) mass is 775 g/mol. The molecule has 0 fully saturated rings. The highest BCUT2D eigenvalue weighted by atomic mass is 15.0. The summed E-state index contributed by atoms with van der Waals surface area (Å²) in [7, 11) is 0. The van der Waals surface area contributed by atoms with Crippen molar-refractivity contribution in [2.24, 2.45) is 0 Å². The molecule has 0 atom stereocenters. The Hall–Kier alpha value is -8.14. The van der Waals surface area contributed by atoms with Crippen LogP contribution in [0.1, 0.15) is 0 Å². The van der Waals surface area contributed by atoms with Crippen LogP contribution in [0, 0.1) is 0 Å². The van der Waals surface area contributed by atoms with E-state index in [-0.39, 0.29) is 0 Å². The van der Waals surface area contributed by atoms with Crippen LogP contribution in [-0.2, 0) is 0 Å². The van der Waals surface area contributed by atoms with Crippen LogP contribution >= 0.6 is 0 Å². The van der Waals surface area contributed by atoms with Gasteiger partial charge in [-0.25, -0.2) is 0 Å². The van der Waals surface area contributed by atoms with Crippen LogP contribution in [0.25, 0.3) is 116 Å². The molecule has 0 aliphatic heterocycles. The molecule has 13 aromatic rings. The van der Waals surface area contributed by atoms with E-state index in [1.165, 1.54) is 98.4 Å². The first-order valence-corrected chi connectivity index (χ1v) is 21.0. The highest BCUT2D eigenvalue weighted by molar-refractivity contribution is 6.20. The molecule has 0 amide bonds. The molecule has 0 saturated heterocycles. The van der Waals surface area contributed by atoms with Crippen LogP contribution in [0.2, 0.25) is 0 Å². The number of nitrogens with zero attached hydrogens (tertiary/aromatic N) is 3. The van der Waals surface area contributed by atoms with E-state index in [1.54, 1.807) is 0 Å². The molecule has 61 heavy (non-hydrogen) atoms. The Kier molecular flexibility index (Phi) is 7.31. The van der Waals surface area contributed by atoms with Gasteiger partial charge in [-0.15, -0.1) is 0 Å². The zero-order chi connectivity index (χ0) is 40.0. The zero-order valence-corrected chi connectivity index (χ0v) is 33.2. The van der Waals surface area contributed by atoms with Gasteiger partial charge in [-0.1, -0.05) is 140 Å². The molecule has 0 spiro atoms. The van der Waals surface area contributed by atoms with E-state index in [1.807, 2.05) is 0 Å². The number of aromatic nitrogens is 3. The lowest BCUT2D eigenvalue weighted by atomic mass is 10.00. The lowest BCUT2D eigenvalue weighted by Crippen LogP contribution is -1.95. The first-order valence-electron chi connectivity index (χ1n) is 21.0. The number of fused-ring (bicyclic) bond motifs is 10. The maximum absolute atomic E-state index is 2.47. The van der Waals surface area contributed by atoms with E-state index in [4.69, 9.17) is 0 Å². The Morgan fingerprint density at radius 3 is 1.26 bits per heavy atom. The quantitative estimate of drug-likeness (QED) is 0.165. The molecule has 0 radical (unpaired) electrons. The number of benzene rings is 10. The van der Waals surface area contributed by atoms with Crippen molar-refractivity contribution in [2.45, 2.75) is 0 Å². The fraction of sp³-hybridized carbons (Fsp3) is 0. The molecule has 0 N–H and O–H groups in total. The molecule has 3 heteroatoms. The summed E-state index contributed by atoms with van der Waals surface area (Å²) in [6.07, 6.45) is 0. The van der Waals surface area contributed by atoms with E-state index in [2.05, 4.69) is 238 Å². The third kappa shape index (κ3) is 5.17. The Morgan fingerprint density at radius 2 is 0.607 bits per heavy atom. The van der Waals surface area contributed by atoms with E-state index >= 15 is 0 Å². The standard InChI is InChI=1S/C58H37N3/c1-3-13-38(14-4-1)40-23-28-45(29-24-40)59-53-21-11-9-19-47(53)49-34-42(26-31-55(49)59)43-27-32-56-50(35-43)52-37-57-51(48-20-10-12-22-54(48)60(57)44-17-5-2-6-18-44)36-58(52)61(56)46-30-25-39-15-7-8-16-41(39)33-46/h1-37H. The molecule has 13 rings (SSSR count). The maximum Gasteiger partial charge on any atom is 0.0548 e. The van der Waals surface area contributed by atoms with Gasteiger partial charge in [0, 0.05) is 49.4 Å². The van der Waals surface area contributed by atoms with Gasteiger partial charge in [0.15, 0.2) is 0 Å². The number of hydrogen-bond acceptors (Lipinski definition) is 0. The third-order valence-corrected chi connectivity index (χ3v) is 12.8. The minimum Gasteiger partial charge on any atom is -0.309 e. The topological polar surface area (TPSA) is 14.8 Å². The van der Waals surface area contributed by atoms with Crippen molar-refractivity contribution in [3.8, 4) is 39.3 Å². The van der Waals surface area contributed by atoms with Crippen molar-refractivity contribution in [1.82, 2.24) is 13.7 Å². The molecular formula is C58H37N3. The second-order valence-corrected chi connectivity index (χ2v) is 16.2. The molecule has 0 aliphatic carbocycles. The summed E-state index contributed by atoms with van der Waals surface area (Å²) in [6, 6.07) is 82.3. The first kappa shape index (κ1) is 33.8. The summed E-state index contributed by atoms with van der Waals surface area (Å²) < 4.78 is 7.29. The highest BCUT2D eigenvalue weighted by Crippen LogP contribution is 2.42. The molecule has 0 bridgehead atoms. The third-order valence-electron chi connectivity index (χ3n) is 12.8. The molecule has 0 unspecified atom stereocenters. The number of rotatable bonds is 5. The molecule has 3 nitrogen and oxygen atoms in total. The van der Waals surface area contributed by atoms with E-state index in [0.717, 1.165) is 17.1 Å². The van der Waals surface area contributed by atoms with Gasteiger partial charge in [0.25, 0.3) is 0 Å². The second kappa shape index (κ2) is 13.2. The molecule has 0 aliphatic rings. The molecule has 284 valence electrons. The fourth-order valence-corrected chi connectivity index (χ4v) is 9.97. The van der Waals surface area contributed by atoms with Crippen molar-refractivity contribution in [1.29, 1.82) is 0 Å². The van der Waals surface area contributed by atoms with Gasteiger partial charge in [-0.2, -0.15) is 0 Å². The second-order valence-electron chi connectivity index (χ2n) is 16.2. The van der Waals surface area contributed by atoms with E-state index in [0.29, 0.717) is 0 Å². The van der Waals surface area contributed by atoms with Crippen molar-refractivity contribution in [2.75, 3.05) is 0 Å². The predicted molar refractivity (Wildman–Crippen MR) is 258 cm³/mol. The summed E-state index contributed by atoms with van der Waals surface area (Å²) in [5.41, 5.74) is 15.5. The van der Waals surface area contributed by atoms with E-state index < -0.39 is 0 Å². The predicted octanol–water partition coefficient (Wildman–Crippen LogP) is 15.5. The molecule has 10 aromatic carbocycles. The van der Waals surface area contributed by atoms with Gasteiger partial charge in [-0.05, 0) is 118 Å². The summed E-state index contributed by atoms with van der Waals surface area (Å²) in [6.45, 7) is 0. The fourth-order valence-electron chi connectivity index (χ4n) is 9.97. The van der Waals surface area contributed by atoms with Gasteiger partial charge in [-0.3, -0.25) is 0 Å². The van der Waals surface area contributed by atoms with Crippen molar-refractivity contribution < 1.29 is 0 Å². The van der Waals surface area contributed by atoms with Crippen LogP contribution in [0.4, 0.5) is 0 Å². The van der Waals surface area contributed by atoms with Crippen molar-refractivity contribution in [3.63, 3.8) is 0 Å². The van der Waals surface area contributed by atoms with Gasteiger partial charge in [0.2, 0.25) is 0 Å². The van der Waals surface area contributed by atoms with Crippen LogP contribution in [0.5, 0.6) is 0 Å². The van der Waals surface area contributed by atoms with Gasteiger partial charge >= 0.3 is 0 Å². The van der Waals surface area contributed by atoms with E-state index in [9.17, 15) is 0 Å². The average Bonchev–Trinajstić information content (AvgIpc) is 3.96. The Balaban J connectivity index is 1.03. The molecule has 3 heterocycles. The lowest BCUT2D eigenvalue weighted by Gasteiger charge is -2.11. The van der Waals surface area contributed by atoms with Crippen molar-refractivity contribution >= 4 is 76.2 Å². The Morgan fingerprint density at radius 1 is 0.197 bits per heavy atom.